The van der Waals surface area contributed by atoms with E-state index in [2.05, 4.69) is 6.07 Å². The zero-order valence-corrected chi connectivity index (χ0v) is 8.08. The average Bonchev–Trinajstić information content (AvgIpc) is 1.88. The Morgan fingerprint density at radius 2 is 1.80 bits per heavy atom. The Balaban J connectivity index is 2.97. The van der Waals surface area contributed by atoms with Crippen molar-refractivity contribution in [2.24, 2.45) is 0 Å². The summed E-state index contributed by atoms with van der Waals surface area (Å²) in [5.41, 5.74) is 0. The SMILES string of the molecule is C[Si](Cl)(Cl)c1cc[c]cc1. The van der Waals surface area contributed by atoms with Gasteiger partial charge in [0.25, 0.3) is 6.69 Å². The van der Waals surface area contributed by atoms with Crippen molar-refractivity contribution in [3.05, 3.63) is 30.3 Å². The van der Waals surface area contributed by atoms with Crippen LogP contribution in [-0.4, -0.2) is 6.69 Å². The monoisotopic (exact) mass is 189 g/mol. The molecule has 0 aliphatic carbocycles. The van der Waals surface area contributed by atoms with Crippen molar-refractivity contribution in [2.75, 3.05) is 0 Å². The van der Waals surface area contributed by atoms with Crippen LogP contribution in [0.1, 0.15) is 0 Å². The van der Waals surface area contributed by atoms with Crippen LogP contribution in [0.5, 0.6) is 0 Å². The van der Waals surface area contributed by atoms with Crippen LogP contribution in [0.25, 0.3) is 0 Å². The highest BCUT2D eigenvalue weighted by Crippen LogP contribution is 2.12. The van der Waals surface area contributed by atoms with Gasteiger partial charge in [-0.15, -0.1) is 22.2 Å². The van der Waals surface area contributed by atoms with E-state index >= 15 is 0 Å². The predicted octanol–water partition coefficient (Wildman–Crippen LogP) is 2.24. The minimum absolute atomic E-state index is 1.04. The number of rotatable bonds is 1. The Labute approximate surface area is 71.2 Å². The van der Waals surface area contributed by atoms with Crippen LogP contribution in [0.4, 0.5) is 0 Å². The van der Waals surface area contributed by atoms with Gasteiger partial charge in [-0.05, 0) is 17.8 Å². The summed E-state index contributed by atoms with van der Waals surface area (Å²) in [6.45, 7) is -0.228. The van der Waals surface area contributed by atoms with E-state index in [1.807, 2.05) is 30.8 Å². The van der Waals surface area contributed by atoms with Crippen LogP contribution in [0.3, 0.4) is 0 Å². The van der Waals surface area contributed by atoms with Crippen molar-refractivity contribution in [1.29, 1.82) is 0 Å². The van der Waals surface area contributed by atoms with Crippen LogP contribution in [0, 0.1) is 6.07 Å². The van der Waals surface area contributed by atoms with Gasteiger partial charge in [0.05, 0.1) is 0 Å². The summed E-state index contributed by atoms with van der Waals surface area (Å²) in [5, 5.41) is 1.04. The molecule has 1 aromatic rings. The van der Waals surface area contributed by atoms with Crippen molar-refractivity contribution < 1.29 is 0 Å². The maximum Gasteiger partial charge on any atom is 0.277 e. The Hall–Kier alpha value is 0.0169. The Morgan fingerprint density at radius 1 is 1.30 bits per heavy atom. The highest BCUT2D eigenvalue weighted by Gasteiger charge is 2.22. The number of halogens is 2. The molecule has 1 aromatic carbocycles. The zero-order valence-electron chi connectivity index (χ0n) is 5.57. The smallest absolute Gasteiger partial charge is 0.140 e. The van der Waals surface area contributed by atoms with E-state index in [-0.39, 0.29) is 0 Å². The molecule has 0 aliphatic rings. The second-order valence-electron chi connectivity index (χ2n) is 2.18. The first-order valence-electron chi connectivity index (χ1n) is 2.95. The molecular formula is C7H7Cl2Si. The van der Waals surface area contributed by atoms with Gasteiger partial charge in [0, 0.05) is 0 Å². The minimum atomic E-state index is -2.11. The van der Waals surface area contributed by atoms with E-state index in [9.17, 15) is 0 Å². The van der Waals surface area contributed by atoms with Crippen molar-refractivity contribution in [1.82, 2.24) is 0 Å². The second-order valence-corrected chi connectivity index (χ2v) is 9.65. The fourth-order valence-corrected chi connectivity index (χ4v) is 2.19. The van der Waals surface area contributed by atoms with Gasteiger partial charge in [0.2, 0.25) is 0 Å². The molecule has 1 rings (SSSR count). The van der Waals surface area contributed by atoms with E-state index in [1.54, 1.807) is 0 Å². The van der Waals surface area contributed by atoms with Crippen molar-refractivity contribution >= 4 is 34.0 Å². The van der Waals surface area contributed by atoms with Gasteiger partial charge in [-0.3, -0.25) is 0 Å². The first kappa shape index (κ1) is 8.12. The lowest BCUT2D eigenvalue weighted by Gasteiger charge is -2.08. The summed E-state index contributed by atoms with van der Waals surface area (Å²) >= 11 is 11.9. The fourth-order valence-electron chi connectivity index (χ4n) is 0.680. The van der Waals surface area contributed by atoms with E-state index in [1.165, 1.54) is 0 Å². The van der Waals surface area contributed by atoms with Crippen molar-refractivity contribution in [3.63, 3.8) is 0 Å². The van der Waals surface area contributed by atoms with Gasteiger partial charge >= 0.3 is 0 Å². The molecule has 0 unspecified atom stereocenters. The highest BCUT2D eigenvalue weighted by molar-refractivity contribution is 7.50. The lowest BCUT2D eigenvalue weighted by Crippen LogP contribution is -2.31. The van der Waals surface area contributed by atoms with E-state index in [0.717, 1.165) is 5.19 Å². The van der Waals surface area contributed by atoms with Crippen molar-refractivity contribution in [2.45, 2.75) is 6.55 Å². The van der Waals surface area contributed by atoms with Gasteiger partial charge in [-0.2, -0.15) is 0 Å². The fraction of sp³-hybridized carbons (Fsp3) is 0.143. The number of hydrogen-bond donors (Lipinski definition) is 0. The summed E-state index contributed by atoms with van der Waals surface area (Å²) in [7, 11) is 0. The van der Waals surface area contributed by atoms with Crippen LogP contribution in [0.15, 0.2) is 24.3 Å². The quantitative estimate of drug-likeness (QED) is 0.470. The molecule has 0 amide bonds. The Morgan fingerprint density at radius 3 is 2.10 bits per heavy atom. The van der Waals surface area contributed by atoms with Gasteiger partial charge in [-0.25, -0.2) is 0 Å². The minimum Gasteiger partial charge on any atom is -0.140 e. The lowest BCUT2D eigenvalue weighted by molar-refractivity contribution is 1.74. The average molecular weight is 190 g/mol. The largest absolute Gasteiger partial charge is 0.277 e. The Bertz CT molecular complexity index is 203. The van der Waals surface area contributed by atoms with Gasteiger partial charge < -0.3 is 0 Å². The summed E-state index contributed by atoms with van der Waals surface area (Å²) in [5.74, 6) is 0. The molecule has 0 bridgehead atoms. The molecule has 0 nitrogen and oxygen atoms in total. The topological polar surface area (TPSA) is 0 Å². The van der Waals surface area contributed by atoms with Crippen LogP contribution in [-0.2, 0) is 0 Å². The first-order valence-corrected chi connectivity index (χ1v) is 7.47. The van der Waals surface area contributed by atoms with Crippen LogP contribution >= 0.6 is 22.2 Å². The van der Waals surface area contributed by atoms with Crippen molar-refractivity contribution in [3.8, 4) is 0 Å². The molecule has 0 N–H and O–H groups in total. The van der Waals surface area contributed by atoms with Gasteiger partial charge in [0.1, 0.15) is 0 Å². The summed E-state index contributed by atoms with van der Waals surface area (Å²) in [4.78, 5) is 0. The molecule has 0 fully saturated rings. The second kappa shape index (κ2) is 2.95. The summed E-state index contributed by atoms with van der Waals surface area (Å²) < 4.78 is 0. The number of hydrogen-bond acceptors (Lipinski definition) is 0. The molecule has 3 heteroatoms. The Kier molecular flexibility index (Phi) is 2.39. The molecule has 0 spiro atoms. The first-order chi connectivity index (χ1) is 4.61. The number of benzene rings is 1. The zero-order chi connectivity index (χ0) is 7.61. The highest BCUT2D eigenvalue weighted by atomic mass is 35.7. The maximum atomic E-state index is 5.95. The molecule has 10 heavy (non-hydrogen) atoms. The molecule has 0 heterocycles. The molecule has 0 aliphatic heterocycles. The maximum absolute atomic E-state index is 5.95. The van der Waals surface area contributed by atoms with E-state index in [4.69, 9.17) is 22.2 Å². The van der Waals surface area contributed by atoms with Gasteiger partial charge in [0.15, 0.2) is 0 Å². The molecule has 0 aromatic heterocycles. The normalized spacial score (nSPS) is 11.5. The van der Waals surface area contributed by atoms with Crippen LogP contribution in [0.2, 0.25) is 6.55 Å². The summed E-state index contributed by atoms with van der Waals surface area (Å²) in [6, 6.07) is 10.4. The van der Waals surface area contributed by atoms with E-state index < -0.39 is 6.69 Å². The third-order valence-corrected chi connectivity index (χ3v) is 3.88. The molecule has 53 valence electrons. The molecule has 1 radical (unpaired) electrons. The molecule has 0 saturated heterocycles. The van der Waals surface area contributed by atoms with Gasteiger partial charge in [-0.1, -0.05) is 24.3 Å². The third-order valence-electron chi connectivity index (χ3n) is 1.23. The van der Waals surface area contributed by atoms with Crippen LogP contribution < -0.4 is 5.19 Å². The lowest BCUT2D eigenvalue weighted by atomic mass is 10.4. The predicted molar refractivity (Wildman–Crippen MR) is 48.2 cm³/mol. The van der Waals surface area contributed by atoms with E-state index in [0.29, 0.717) is 0 Å². The molecule has 0 atom stereocenters. The molecular weight excluding hydrogens is 183 g/mol. The summed E-state index contributed by atoms with van der Waals surface area (Å²) in [6.07, 6.45) is 0. The molecule has 0 saturated carbocycles. The standard InChI is InChI=1S/C7H7Cl2Si/c1-10(8,9)7-5-3-2-4-6-7/h3-6H,1H3. The third kappa shape index (κ3) is 2.01.